The number of carbonyl (C=O) groups is 2. The molecule has 1 aromatic rings. The molecule has 0 bridgehead atoms. The van der Waals surface area contributed by atoms with Crippen LogP contribution in [0.5, 0.6) is 5.75 Å². The second kappa shape index (κ2) is 6.41. The lowest BCUT2D eigenvalue weighted by molar-refractivity contribution is -0.137. The van der Waals surface area contributed by atoms with Crippen LogP contribution in [0.1, 0.15) is 36.5 Å². The quantitative estimate of drug-likeness (QED) is 0.829. The molecule has 0 atom stereocenters. The fourth-order valence-electron chi connectivity index (χ4n) is 1.98. The van der Waals surface area contributed by atoms with E-state index in [2.05, 4.69) is 0 Å². The summed E-state index contributed by atoms with van der Waals surface area (Å²) in [6.45, 7) is 2.43. The van der Waals surface area contributed by atoms with Crippen LogP contribution in [-0.4, -0.2) is 41.1 Å². The summed E-state index contributed by atoms with van der Waals surface area (Å²) in [6.07, 6.45) is 2.70. The van der Waals surface area contributed by atoms with E-state index in [4.69, 9.17) is 9.84 Å². The maximum Gasteiger partial charge on any atom is 0.323 e. The van der Waals surface area contributed by atoms with E-state index < -0.39 is 5.97 Å². The Labute approximate surface area is 118 Å². The molecule has 1 saturated carbocycles. The molecule has 0 radical (unpaired) electrons. The van der Waals surface area contributed by atoms with Gasteiger partial charge in [-0.25, -0.2) is 0 Å². The van der Waals surface area contributed by atoms with Gasteiger partial charge >= 0.3 is 5.97 Å². The Hall–Kier alpha value is -2.04. The Balaban J connectivity index is 2.04. The van der Waals surface area contributed by atoms with Gasteiger partial charge in [0, 0.05) is 11.6 Å². The SMILES string of the molecule is CCCOc1ccc(C(=O)N(CC(=O)O)C2CC2)cc1. The molecule has 1 fully saturated rings. The fourth-order valence-corrected chi connectivity index (χ4v) is 1.98. The third-order valence-electron chi connectivity index (χ3n) is 3.13. The highest BCUT2D eigenvalue weighted by Crippen LogP contribution is 2.28. The Morgan fingerprint density at radius 3 is 2.45 bits per heavy atom. The first kappa shape index (κ1) is 14.4. The smallest absolute Gasteiger partial charge is 0.323 e. The summed E-state index contributed by atoms with van der Waals surface area (Å²) in [5.74, 6) is -0.482. The van der Waals surface area contributed by atoms with Gasteiger partial charge in [-0.2, -0.15) is 0 Å². The maximum atomic E-state index is 12.3. The number of benzene rings is 1. The van der Waals surface area contributed by atoms with Crippen molar-refractivity contribution in [2.24, 2.45) is 0 Å². The number of ether oxygens (including phenoxy) is 1. The molecule has 0 unspecified atom stereocenters. The van der Waals surface area contributed by atoms with Gasteiger partial charge in [0.1, 0.15) is 12.3 Å². The summed E-state index contributed by atoms with van der Waals surface area (Å²) in [5, 5.41) is 8.88. The van der Waals surface area contributed by atoms with Crippen molar-refractivity contribution in [2.75, 3.05) is 13.2 Å². The van der Waals surface area contributed by atoms with Gasteiger partial charge in [-0.1, -0.05) is 6.92 Å². The van der Waals surface area contributed by atoms with Gasteiger partial charge in [0.2, 0.25) is 0 Å². The van der Waals surface area contributed by atoms with Gasteiger partial charge in [-0.05, 0) is 43.5 Å². The minimum atomic E-state index is -0.979. The van der Waals surface area contributed by atoms with Gasteiger partial charge in [0.05, 0.1) is 6.61 Å². The highest BCUT2D eigenvalue weighted by molar-refractivity contribution is 5.96. The summed E-state index contributed by atoms with van der Waals surface area (Å²) in [7, 11) is 0. The summed E-state index contributed by atoms with van der Waals surface area (Å²) in [6, 6.07) is 6.94. The minimum absolute atomic E-state index is 0.0783. The van der Waals surface area contributed by atoms with Crippen LogP contribution in [0.15, 0.2) is 24.3 Å². The number of carboxylic acids is 1. The molecular weight excluding hydrogens is 258 g/mol. The zero-order chi connectivity index (χ0) is 14.5. The van der Waals surface area contributed by atoms with E-state index in [0.29, 0.717) is 12.2 Å². The van der Waals surface area contributed by atoms with Gasteiger partial charge in [0.25, 0.3) is 5.91 Å². The predicted molar refractivity (Wildman–Crippen MR) is 73.9 cm³/mol. The van der Waals surface area contributed by atoms with E-state index in [9.17, 15) is 9.59 Å². The monoisotopic (exact) mass is 277 g/mol. The molecule has 0 aromatic heterocycles. The highest BCUT2D eigenvalue weighted by Gasteiger charge is 2.34. The zero-order valence-electron chi connectivity index (χ0n) is 11.5. The van der Waals surface area contributed by atoms with Crippen LogP contribution >= 0.6 is 0 Å². The normalized spacial score (nSPS) is 13.8. The van der Waals surface area contributed by atoms with Gasteiger partial charge < -0.3 is 14.7 Å². The maximum absolute atomic E-state index is 12.3. The van der Waals surface area contributed by atoms with Crippen molar-refractivity contribution in [1.29, 1.82) is 0 Å². The molecule has 0 saturated heterocycles. The van der Waals surface area contributed by atoms with Crippen LogP contribution < -0.4 is 4.74 Å². The van der Waals surface area contributed by atoms with E-state index in [-0.39, 0.29) is 18.5 Å². The third-order valence-corrected chi connectivity index (χ3v) is 3.13. The predicted octanol–water partition coefficient (Wildman–Crippen LogP) is 2.16. The molecule has 108 valence electrons. The fraction of sp³-hybridized carbons (Fsp3) is 0.467. The molecule has 1 amide bonds. The number of hydrogen-bond donors (Lipinski definition) is 1. The average Bonchev–Trinajstić information content (AvgIpc) is 3.26. The average molecular weight is 277 g/mol. The second-order valence-electron chi connectivity index (χ2n) is 4.93. The van der Waals surface area contributed by atoms with Crippen LogP contribution in [0.2, 0.25) is 0 Å². The molecule has 1 aliphatic rings. The lowest BCUT2D eigenvalue weighted by Gasteiger charge is -2.20. The van der Waals surface area contributed by atoms with E-state index in [1.165, 1.54) is 4.90 Å². The standard InChI is InChI=1S/C15H19NO4/c1-2-9-20-13-7-3-11(4-8-13)15(19)16(10-14(17)18)12-5-6-12/h3-4,7-8,12H,2,5-6,9-10H2,1H3,(H,17,18). The molecule has 2 rings (SSSR count). The second-order valence-corrected chi connectivity index (χ2v) is 4.93. The number of aliphatic carboxylic acids is 1. The molecule has 20 heavy (non-hydrogen) atoms. The van der Waals surface area contributed by atoms with Gasteiger partial charge in [-0.3, -0.25) is 9.59 Å². The van der Waals surface area contributed by atoms with Crippen molar-refractivity contribution >= 4 is 11.9 Å². The van der Waals surface area contributed by atoms with E-state index >= 15 is 0 Å². The van der Waals surface area contributed by atoms with Crippen LogP contribution in [0, 0.1) is 0 Å². The minimum Gasteiger partial charge on any atom is -0.494 e. The van der Waals surface area contributed by atoms with Crippen LogP contribution in [0.4, 0.5) is 0 Å². The Morgan fingerprint density at radius 2 is 1.95 bits per heavy atom. The van der Waals surface area contributed by atoms with Crippen molar-refractivity contribution < 1.29 is 19.4 Å². The van der Waals surface area contributed by atoms with Gasteiger partial charge in [0.15, 0.2) is 0 Å². The first-order valence-electron chi connectivity index (χ1n) is 6.87. The van der Waals surface area contributed by atoms with E-state index in [0.717, 1.165) is 25.0 Å². The molecule has 1 N–H and O–H groups in total. The van der Waals surface area contributed by atoms with Crippen molar-refractivity contribution in [3.63, 3.8) is 0 Å². The number of amides is 1. The Morgan fingerprint density at radius 1 is 1.30 bits per heavy atom. The highest BCUT2D eigenvalue weighted by atomic mass is 16.5. The first-order valence-corrected chi connectivity index (χ1v) is 6.87. The van der Waals surface area contributed by atoms with E-state index in [1.54, 1.807) is 24.3 Å². The number of hydrogen-bond acceptors (Lipinski definition) is 3. The van der Waals surface area contributed by atoms with E-state index in [1.807, 2.05) is 6.92 Å². The molecule has 1 aliphatic carbocycles. The molecule has 5 nitrogen and oxygen atoms in total. The molecular formula is C15H19NO4. The summed E-state index contributed by atoms with van der Waals surface area (Å²) in [4.78, 5) is 24.6. The van der Waals surface area contributed by atoms with Crippen LogP contribution in [0.25, 0.3) is 0 Å². The summed E-state index contributed by atoms with van der Waals surface area (Å²) < 4.78 is 5.46. The number of rotatable bonds is 7. The zero-order valence-corrected chi connectivity index (χ0v) is 11.5. The van der Waals surface area contributed by atoms with Crippen LogP contribution in [0.3, 0.4) is 0 Å². The molecule has 1 aromatic carbocycles. The summed E-state index contributed by atoms with van der Waals surface area (Å²) >= 11 is 0. The lowest BCUT2D eigenvalue weighted by atomic mass is 10.2. The van der Waals surface area contributed by atoms with Gasteiger partial charge in [-0.15, -0.1) is 0 Å². The molecule has 0 aliphatic heterocycles. The van der Waals surface area contributed by atoms with Crippen molar-refractivity contribution in [3.05, 3.63) is 29.8 Å². The summed E-state index contributed by atoms with van der Waals surface area (Å²) in [5.41, 5.74) is 0.502. The Bertz CT molecular complexity index is 479. The molecule has 0 spiro atoms. The number of carboxylic acid groups (broad SMARTS) is 1. The van der Waals surface area contributed by atoms with Crippen molar-refractivity contribution in [3.8, 4) is 5.75 Å². The van der Waals surface area contributed by atoms with Crippen LogP contribution in [-0.2, 0) is 4.79 Å². The third kappa shape index (κ3) is 3.73. The number of nitrogens with zero attached hydrogens (tertiary/aromatic N) is 1. The lowest BCUT2D eigenvalue weighted by Crippen LogP contribution is -2.37. The molecule has 5 heteroatoms. The Kier molecular flexibility index (Phi) is 4.61. The largest absolute Gasteiger partial charge is 0.494 e. The van der Waals surface area contributed by atoms with Crippen molar-refractivity contribution in [1.82, 2.24) is 4.90 Å². The number of carbonyl (C=O) groups excluding carboxylic acids is 1. The first-order chi connectivity index (χ1) is 9.61. The topological polar surface area (TPSA) is 66.8 Å². The molecule has 0 heterocycles. The van der Waals surface area contributed by atoms with Crippen molar-refractivity contribution in [2.45, 2.75) is 32.2 Å².